The Bertz CT molecular complexity index is 199. The summed E-state index contributed by atoms with van der Waals surface area (Å²) >= 11 is 0. The van der Waals surface area contributed by atoms with E-state index in [1.807, 2.05) is 30.3 Å². The summed E-state index contributed by atoms with van der Waals surface area (Å²) in [5.41, 5.74) is 1.01. The summed E-state index contributed by atoms with van der Waals surface area (Å²) in [7, 11) is -3.34. The minimum atomic E-state index is -3.34. The lowest BCUT2D eigenvalue weighted by Crippen LogP contribution is -1.97. The maximum absolute atomic E-state index is 11.9. The Morgan fingerprint density at radius 1 is 1.09 bits per heavy atom. The van der Waals surface area contributed by atoms with Crippen molar-refractivity contribution in [3.05, 3.63) is 35.9 Å². The van der Waals surface area contributed by atoms with Crippen LogP contribution in [0.25, 0.3) is 0 Å². The molecule has 0 aliphatic heterocycles. The summed E-state index contributed by atoms with van der Waals surface area (Å²) in [6, 6.07) is 9.52. The van der Waals surface area contributed by atoms with Gasteiger partial charge in [0.05, 0.1) is 0 Å². The van der Waals surface area contributed by atoms with Crippen LogP contribution in [0.1, 0.15) is 5.56 Å². The highest BCUT2D eigenvalue weighted by molar-refractivity contribution is 6.42. The molecule has 0 unspecified atom stereocenters. The van der Waals surface area contributed by atoms with Crippen LogP contribution in [0, 0.1) is 0 Å². The molecule has 0 nitrogen and oxygen atoms in total. The van der Waals surface area contributed by atoms with Gasteiger partial charge in [-0.25, -0.2) is 0 Å². The van der Waals surface area contributed by atoms with Gasteiger partial charge in [0.2, 0.25) is 0 Å². The van der Waals surface area contributed by atoms with Crippen molar-refractivity contribution in [2.45, 2.75) is 12.5 Å². The average Bonchev–Trinajstić information content (AvgIpc) is 2.03. The molecule has 0 saturated carbocycles. The van der Waals surface area contributed by atoms with Crippen LogP contribution in [0.3, 0.4) is 0 Å². The Kier molecular flexibility index (Phi) is 3.23. The van der Waals surface area contributed by atoms with E-state index >= 15 is 0 Å². The Labute approximate surface area is 66.8 Å². The first-order chi connectivity index (χ1) is 5.29. The van der Waals surface area contributed by atoms with E-state index in [4.69, 9.17) is 0 Å². The monoisotopic (exact) mass is 172 g/mol. The smallest absolute Gasteiger partial charge is 0.275 e. The van der Waals surface area contributed by atoms with Gasteiger partial charge in [0.1, 0.15) is 0 Å². The van der Waals surface area contributed by atoms with E-state index in [0.29, 0.717) is 6.42 Å². The lowest BCUT2D eigenvalue weighted by molar-refractivity contribution is 0.650. The van der Waals surface area contributed by atoms with E-state index in [-0.39, 0.29) is 6.04 Å². The first kappa shape index (κ1) is 8.39. The van der Waals surface area contributed by atoms with Crippen molar-refractivity contribution in [2.24, 2.45) is 0 Å². The first-order valence-corrected chi connectivity index (χ1v) is 5.30. The molecule has 1 aromatic carbocycles. The van der Waals surface area contributed by atoms with Gasteiger partial charge in [-0.1, -0.05) is 30.3 Å². The second-order valence-electron chi connectivity index (χ2n) is 2.42. The highest BCUT2D eigenvalue weighted by Crippen LogP contribution is 2.06. The number of hydrogen-bond donors (Lipinski definition) is 0. The van der Waals surface area contributed by atoms with Gasteiger partial charge in [-0.3, -0.25) is 8.22 Å². The average molecular weight is 172 g/mol. The summed E-state index contributed by atoms with van der Waals surface area (Å²) in [4.78, 5) is 0. The fourth-order valence-corrected chi connectivity index (χ4v) is 1.47. The molecule has 0 bridgehead atoms. The molecule has 60 valence electrons. The SMILES string of the molecule is F[SiH](F)CCc1ccccc1. The van der Waals surface area contributed by atoms with Crippen molar-refractivity contribution in [3.8, 4) is 0 Å². The molecular formula is C8H10F2Si. The number of aryl methyl sites for hydroxylation is 1. The lowest BCUT2D eigenvalue weighted by atomic mass is 10.2. The van der Waals surface area contributed by atoms with E-state index in [2.05, 4.69) is 0 Å². The maximum Gasteiger partial charge on any atom is 0.411 e. The van der Waals surface area contributed by atoms with Gasteiger partial charge in [-0.2, -0.15) is 0 Å². The molecule has 0 fully saturated rings. The molecule has 1 rings (SSSR count). The fraction of sp³-hybridized carbons (Fsp3) is 0.250. The maximum atomic E-state index is 11.9. The van der Waals surface area contributed by atoms with Gasteiger partial charge in [-0.05, 0) is 18.0 Å². The largest absolute Gasteiger partial charge is 0.411 e. The van der Waals surface area contributed by atoms with Crippen LogP contribution in [-0.4, -0.2) is 9.46 Å². The highest BCUT2D eigenvalue weighted by atomic mass is 28.4. The molecule has 0 amide bonds. The summed E-state index contributed by atoms with van der Waals surface area (Å²) in [6.45, 7) is 0. The zero-order chi connectivity index (χ0) is 8.10. The van der Waals surface area contributed by atoms with E-state index in [1.54, 1.807) is 0 Å². The number of halogens is 2. The summed E-state index contributed by atoms with van der Waals surface area (Å²) < 4.78 is 23.7. The minimum absolute atomic E-state index is 0.101. The molecule has 0 radical (unpaired) electrons. The molecule has 0 aliphatic carbocycles. The molecule has 0 aliphatic rings. The van der Waals surface area contributed by atoms with Crippen molar-refractivity contribution in [1.82, 2.24) is 0 Å². The van der Waals surface area contributed by atoms with Crippen LogP contribution in [0.4, 0.5) is 8.22 Å². The second-order valence-corrected chi connectivity index (χ2v) is 3.77. The molecule has 0 saturated heterocycles. The van der Waals surface area contributed by atoms with Gasteiger partial charge in [0.15, 0.2) is 0 Å². The molecule has 0 N–H and O–H groups in total. The molecule has 0 aromatic heterocycles. The fourth-order valence-electron chi connectivity index (χ4n) is 0.920. The third-order valence-electron chi connectivity index (χ3n) is 1.49. The lowest BCUT2D eigenvalue weighted by Gasteiger charge is -1.97. The molecule has 0 atom stereocenters. The van der Waals surface area contributed by atoms with E-state index in [0.717, 1.165) is 5.56 Å². The van der Waals surface area contributed by atoms with Gasteiger partial charge in [-0.15, -0.1) is 0 Å². The van der Waals surface area contributed by atoms with Crippen LogP contribution in [0.5, 0.6) is 0 Å². The predicted octanol–water partition coefficient (Wildman–Crippen LogP) is 2.39. The zero-order valence-corrected chi connectivity index (χ0v) is 7.29. The van der Waals surface area contributed by atoms with Crippen LogP contribution < -0.4 is 0 Å². The molecule has 1 aromatic rings. The Hall–Kier alpha value is -0.703. The van der Waals surface area contributed by atoms with Gasteiger partial charge < -0.3 is 0 Å². The highest BCUT2D eigenvalue weighted by Gasteiger charge is 2.06. The van der Waals surface area contributed by atoms with Crippen molar-refractivity contribution in [1.29, 1.82) is 0 Å². The molecular weight excluding hydrogens is 162 g/mol. The van der Waals surface area contributed by atoms with Gasteiger partial charge in [0.25, 0.3) is 0 Å². The Balaban J connectivity index is 2.39. The third-order valence-corrected chi connectivity index (χ3v) is 2.22. The number of hydrogen-bond acceptors (Lipinski definition) is 0. The molecule has 11 heavy (non-hydrogen) atoms. The third kappa shape index (κ3) is 3.27. The molecule has 0 spiro atoms. The summed E-state index contributed by atoms with van der Waals surface area (Å²) in [5.74, 6) is 0. The first-order valence-electron chi connectivity index (χ1n) is 3.61. The van der Waals surface area contributed by atoms with Gasteiger partial charge in [0, 0.05) is 0 Å². The number of benzene rings is 1. The standard InChI is InChI=1S/C8H10F2Si/c9-11(10)7-6-8-4-2-1-3-5-8/h1-5,11H,6-7H2. The van der Waals surface area contributed by atoms with Crippen molar-refractivity contribution >= 4 is 9.46 Å². The normalized spacial score (nSPS) is 10.5. The van der Waals surface area contributed by atoms with Crippen LogP contribution in [-0.2, 0) is 6.42 Å². The van der Waals surface area contributed by atoms with Crippen LogP contribution in [0.2, 0.25) is 6.04 Å². The molecule has 0 heterocycles. The Morgan fingerprint density at radius 2 is 1.73 bits per heavy atom. The minimum Gasteiger partial charge on any atom is -0.275 e. The topological polar surface area (TPSA) is 0 Å². The summed E-state index contributed by atoms with van der Waals surface area (Å²) in [5, 5.41) is 0. The Morgan fingerprint density at radius 3 is 2.27 bits per heavy atom. The predicted molar refractivity (Wildman–Crippen MR) is 44.3 cm³/mol. The zero-order valence-electron chi connectivity index (χ0n) is 6.13. The van der Waals surface area contributed by atoms with E-state index < -0.39 is 9.46 Å². The molecule has 3 heteroatoms. The van der Waals surface area contributed by atoms with E-state index in [9.17, 15) is 8.22 Å². The van der Waals surface area contributed by atoms with Crippen LogP contribution in [0.15, 0.2) is 30.3 Å². The number of rotatable bonds is 3. The van der Waals surface area contributed by atoms with Gasteiger partial charge >= 0.3 is 9.46 Å². The summed E-state index contributed by atoms with van der Waals surface area (Å²) in [6.07, 6.45) is 0.532. The van der Waals surface area contributed by atoms with Crippen molar-refractivity contribution in [3.63, 3.8) is 0 Å². The second kappa shape index (κ2) is 4.23. The van der Waals surface area contributed by atoms with Crippen LogP contribution >= 0.6 is 0 Å². The van der Waals surface area contributed by atoms with Crippen molar-refractivity contribution < 1.29 is 8.22 Å². The van der Waals surface area contributed by atoms with Crippen molar-refractivity contribution in [2.75, 3.05) is 0 Å². The van der Waals surface area contributed by atoms with E-state index in [1.165, 1.54) is 0 Å². The quantitative estimate of drug-likeness (QED) is 0.485.